The quantitative estimate of drug-likeness (QED) is 0.0590. The van der Waals surface area contributed by atoms with Crippen LogP contribution in [0.25, 0.3) is 90.1 Å². The third-order valence-electron chi connectivity index (χ3n) is 17.6. The van der Waals surface area contributed by atoms with Gasteiger partial charge in [0.25, 0.3) is 0 Å². The molecule has 0 saturated carbocycles. The molecule has 18 aromatic rings. The van der Waals surface area contributed by atoms with E-state index in [0.29, 0.717) is 10.0 Å². The molecule has 2 radical (unpaired) electrons. The number of methoxy groups -OCH3 is 2. The maximum absolute atomic E-state index is 10.9. The monoisotopic (exact) mass is 2510 g/mol. The summed E-state index contributed by atoms with van der Waals surface area (Å²) < 4.78 is 9.65. The zero-order valence-corrected chi connectivity index (χ0v) is 83.2. The van der Waals surface area contributed by atoms with Gasteiger partial charge >= 0.3 is 48.1 Å². The Morgan fingerprint density at radius 3 is 1.00 bits per heavy atom. The maximum Gasteiger partial charge on any atom is 2.00 e. The van der Waals surface area contributed by atoms with Crippen LogP contribution in [0.3, 0.4) is 0 Å². The Morgan fingerprint density at radius 1 is 0.353 bits per heavy atom. The van der Waals surface area contributed by atoms with Crippen LogP contribution in [0.5, 0.6) is 17.2 Å². The smallest absolute Gasteiger partial charge is 0.540 e. The summed E-state index contributed by atoms with van der Waals surface area (Å²) >= 11 is 11.7. The molecule has 21 heteroatoms. The first-order valence-electron chi connectivity index (χ1n) is 39.9. The van der Waals surface area contributed by atoms with Crippen molar-refractivity contribution in [2.45, 2.75) is 49.2 Å². The summed E-state index contributed by atoms with van der Waals surface area (Å²) in [6.45, 7) is 8.19. The number of aliphatic imine (C=N–C) groups is 1. The number of pyridine rings is 8. The van der Waals surface area contributed by atoms with Gasteiger partial charge in [-0.05, 0) is 118 Å². The summed E-state index contributed by atoms with van der Waals surface area (Å²) in [6.07, 6.45) is 15.7. The van der Waals surface area contributed by atoms with Gasteiger partial charge in [-0.3, -0.25) is 4.99 Å². The van der Waals surface area contributed by atoms with Crippen LogP contribution in [0.2, 0.25) is 10.0 Å². The number of ether oxygens (including phenoxy) is 2. The molecule has 0 aliphatic carbocycles. The number of aryl methyl sites for hydroxylation is 4. The van der Waals surface area contributed by atoms with Crippen LogP contribution in [-0.4, -0.2) is 88.6 Å². The van der Waals surface area contributed by atoms with Gasteiger partial charge in [0.15, 0.2) is 0 Å². The number of aliphatic hydroxyl groups excluding tert-OH is 1. The number of benzene rings is 10. The second-order valence-corrected chi connectivity index (χ2v) is 27.8. The molecule has 0 aliphatic rings. The van der Waals surface area contributed by atoms with E-state index in [-0.39, 0.29) is 121 Å². The van der Waals surface area contributed by atoms with Gasteiger partial charge < -0.3 is 64.7 Å². The van der Waals surface area contributed by atoms with Crippen LogP contribution in [0.15, 0.2) is 394 Å². The first-order chi connectivity index (χ1) is 62.1. The first-order valence-corrected chi connectivity index (χ1v) is 40.7. The average Bonchev–Trinajstić information content (AvgIpc) is 0.850. The van der Waals surface area contributed by atoms with Crippen molar-refractivity contribution in [1.29, 1.82) is 0 Å². The standard InChI is InChI=1S/2C12H9ClN.2C12H10NO.2C12H10N.2C11H8N.C8H9NO.C8H8O3.2CH4.2Ir.2Pt/c2*1-9-2-4-10(5-3-9)12-8-11(13)6-7-14-12;1-14-12-8-3-2-6-10(12)11-7-4-5-9-13-11;14-9-10-5-1-2-6-11(10)12-7-3-4-8-13-12;2*1-10-5-7-11(8-6-10)12-4-2-3-9-13-12;2*1-2-6-10(7-3-1)11-8-4-5-9-12-11;1-9-6-7-4-2-3-5-8(7)10;1-11-8(10)6-4-2-3-5-7(6)9;;;;;;/h2*2-4,6-8H,1H3;2-5,7-9H,1H3;1-5,7-8,14H,9H2;2*2-7,9H,1H3;2*1-6,8-9H;2-6,10H,1H3;2-5,9H,1H3;2*1H4;;;;/q8*-1;;;;;;;2*+2. The fourth-order valence-corrected chi connectivity index (χ4v) is 11.4. The van der Waals surface area contributed by atoms with E-state index < -0.39 is 5.97 Å². The molecular formula is C112H99Cl2Ir2N9O6Pt2-4. The average molecular weight is 2510 g/mol. The number of halogens is 2. The van der Waals surface area contributed by atoms with Gasteiger partial charge in [-0.2, -0.15) is 0 Å². The summed E-state index contributed by atoms with van der Waals surface area (Å²) in [4.78, 5) is 48.5. The molecule has 0 unspecified atom stereocenters. The fraction of sp³-hybridized carbons (Fsp3) is 0.0893. The molecule has 133 heavy (non-hydrogen) atoms. The summed E-state index contributed by atoms with van der Waals surface area (Å²) in [6, 6.07) is 132. The molecule has 8 heterocycles. The molecule has 18 rings (SSSR count). The van der Waals surface area contributed by atoms with Gasteiger partial charge in [-0.15, -0.1) is 273 Å². The largest absolute Gasteiger partial charge is 2.00 e. The molecule has 15 nitrogen and oxygen atoms in total. The zero-order valence-electron chi connectivity index (χ0n) is 72.4. The Labute approximate surface area is 849 Å². The van der Waals surface area contributed by atoms with Crippen molar-refractivity contribution in [3.05, 3.63) is 487 Å². The topological polar surface area (TPSA) is 212 Å². The predicted molar refractivity (Wildman–Crippen MR) is 524 cm³/mol. The minimum absolute atomic E-state index is 0. The number of hydrogen-bond donors (Lipinski definition) is 3. The number of aromatic nitrogens is 8. The van der Waals surface area contributed by atoms with Crippen LogP contribution in [0.4, 0.5) is 0 Å². The molecule has 8 aromatic heterocycles. The number of esters is 1. The van der Waals surface area contributed by atoms with E-state index in [4.69, 9.17) is 43.3 Å². The number of rotatable bonds is 12. The van der Waals surface area contributed by atoms with E-state index in [9.17, 15) is 4.79 Å². The van der Waals surface area contributed by atoms with Crippen LogP contribution in [-0.2, 0) is 93.7 Å². The maximum atomic E-state index is 10.9. The molecule has 0 atom stereocenters. The second-order valence-electron chi connectivity index (χ2n) is 27.0. The number of phenols is 2. The number of aliphatic hydroxyl groups is 1. The number of hydrogen-bond acceptors (Lipinski definition) is 15. The molecule has 684 valence electrons. The minimum atomic E-state index is -0.525. The van der Waals surface area contributed by atoms with Crippen molar-refractivity contribution in [2.75, 3.05) is 21.3 Å². The molecule has 0 aliphatic heterocycles. The van der Waals surface area contributed by atoms with E-state index in [1.807, 2.05) is 293 Å². The van der Waals surface area contributed by atoms with Crippen molar-refractivity contribution < 1.29 is 112 Å². The molecule has 0 fully saturated rings. The molecule has 0 saturated heterocycles. The molecule has 0 amide bonds. The third kappa shape index (κ3) is 40.8. The number of para-hydroxylation sites is 2. The summed E-state index contributed by atoms with van der Waals surface area (Å²) in [5, 5.41) is 28.8. The van der Waals surface area contributed by atoms with Crippen LogP contribution in [0, 0.1) is 76.2 Å². The van der Waals surface area contributed by atoms with E-state index in [0.717, 1.165) is 107 Å². The van der Waals surface area contributed by atoms with E-state index in [1.165, 1.54) is 41.5 Å². The number of nitrogens with zero attached hydrogens (tertiary/aromatic N) is 9. The summed E-state index contributed by atoms with van der Waals surface area (Å²) in [7, 11) is 4.59. The van der Waals surface area contributed by atoms with Crippen molar-refractivity contribution in [2.24, 2.45) is 4.99 Å². The Kier molecular flexibility index (Phi) is 56.5. The predicted octanol–water partition coefficient (Wildman–Crippen LogP) is 26.3. The number of carbonyl (C=O) groups is 1. The Morgan fingerprint density at radius 2 is 0.677 bits per heavy atom. The number of carbonyl (C=O) groups excluding carboxylic acids is 1. The molecular weight excluding hydrogens is 2410 g/mol. The molecule has 10 aromatic carbocycles. The van der Waals surface area contributed by atoms with Gasteiger partial charge in [0, 0.05) is 131 Å². The van der Waals surface area contributed by atoms with Crippen molar-refractivity contribution in [3.63, 3.8) is 0 Å². The van der Waals surface area contributed by atoms with Gasteiger partial charge in [0.05, 0.1) is 14.2 Å². The van der Waals surface area contributed by atoms with Gasteiger partial charge in [-0.25, -0.2) is 4.79 Å². The normalized spacial score (nSPS) is 9.46. The van der Waals surface area contributed by atoms with E-state index in [2.05, 4.69) is 124 Å². The molecule has 3 N–H and O–H groups in total. The number of phenolic OH excluding ortho intramolecular Hbond substituents is 2. The van der Waals surface area contributed by atoms with Gasteiger partial charge in [0.2, 0.25) is 0 Å². The van der Waals surface area contributed by atoms with Gasteiger partial charge in [0.1, 0.15) is 17.1 Å². The second kappa shape index (κ2) is 65.7. The summed E-state index contributed by atoms with van der Waals surface area (Å²) in [5.74, 6) is 0.488. The van der Waals surface area contributed by atoms with Crippen molar-refractivity contribution >= 4 is 35.4 Å². The van der Waals surface area contributed by atoms with Gasteiger partial charge in [-0.1, -0.05) is 181 Å². The fourth-order valence-electron chi connectivity index (χ4n) is 11.1. The molecule has 0 spiro atoms. The Balaban J connectivity index is 0.000000379. The van der Waals surface area contributed by atoms with Crippen molar-refractivity contribution in [1.82, 2.24) is 39.9 Å². The van der Waals surface area contributed by atoms with Crippen molar-refractivity contribution in [3.8, 4) is 107 Å². The summed E-state index contributed by atoms with van der Waals surface area (Å²) in [5.41, 5.74) is 21.8. The number of aromatic hydroxyl groups is 2. The van der Waals surface area contributed by atoms with Crippen LogP contribution in [0.1, 0.15) is 58.6 Å². The van der Waals surface area contributed by atoms with Crippen LogP contribution < -0.4 is 4.74 Å². The van der Waals surface area contributed by atoms with E-state index >= 15 is 0 Å². The molecule has 0 bridgehead atoms. The van der Waals surface area contributed by atoms with E-state index in [1.54, 1.807) is 106 Å². The Bertz CT molecular complexity index is 5800. The zero-order chi connectivity index (χ0) is 89.8. The Hall–Kier alpha value is -12.8. The first kappa shape index (κ1) is 114. The SMILES string of the molecule is C.C.CN=Cc1ccccc1O.COC(=O)c1ccccc1O.COc1ccc[c-]c1-c1ccccn1.Cc1c[c-]c(-c2cc(Cl)ccn2)cc1.Cc1c[c-]c(-c2cc(Cl)ccn2)cc1.Cc1c[c-]c(-c2ccccn2)cc1.Cc1c[c-]c(-c2ccccn2)cc1.OCc1ccc[c-]c1-c1ccccn1.[Ir].[Ir].[Pt+2].[Pt+2].[c-]1ccccc1-c1ccccn1.[c-]1ccccc1-c1ccccn1. The van der Waals surface area contributed by atoms with Crippen LogP contribution >= 0.6 is 23.2 Å². The minimum Gasteiger partial charge on any atom is -0.540 e. The third-order valence-corrected chi connectivity index (χ3v) is 18.0.